The van der Waals surface area contributed by atoms with Gasteiger partial charge in [-0.3, -0.25) is 0 Å². The first kappa shape index (κ1) is 13.6. The normalized spacial score (nSPS) is 22.7. The molecule has 0 spiro atoms. The fourth-order valence-corrected chi connectivity index (χ4v) is 0.824. The molecule has 6 heteroatoms. The van der Waals surface area contributed by atoms with Gasteiger partial charge in [0.2, 0.25) is 11.3 Å². The molecule has 0 rings (SSSR count). The monoisotopic (exact) mass is 222 g/mol. The molecule has 0 bridgehead atoms. The number of hydrogen-bond donors (Lipinski definition) is 0. The molecule has 0 aromatic heterocycles. The molecular formula is C8H12F6. The lowest BCUT2D eigenvalue weighted by atomic mass is 9.80. The second-order valence-corrected chi connectivity index (χ2v) is 3.78. The van der Waals surface area contributed by atoms with E-state index in [9.17, 15) is 26.3 Å². The molecule has 0 heterocycles. The zero-order valence-corrected chi connectivity index (χ0v) is 8.27. The van der Waals surface area contributed by atoms with Crippen LogP contribution in [0.15, 0.2) is 0 Å². The summed E-state index contributed by atoms with van der Waals surface area (Å²) in [5.74, 6) is -8.37. The molecule has 0 aliphatic heterocycles. The summed E-state index contributed by atoms with van der Waals surface area (Å²) in [5.41, 5.74) is -7.86. The van der Waals surface area contributed by atoms with Gasteiger partial charge >= 0.3 is 0 Å². The van der Waals surface area contributed by atoms with Gasteiger partial charge in [0.15, 0.2) is 0 Å². The molecule has 0 aliphatic carbocycles. The van der Waals surface area contributed by atoms with Gasteiger partial charge in [-0.25, -0.2) is 26.3 Å². The van der Waals surface area contributed by atoms with E-state index in [4.69, 9.17) is 0 Å². The minimum Gasteiger partial charge on any atom is -0.234 e. The Labute approximate surface area is 78.3 Å². The molecule has 14 heavy (non-hydrogen) atoms. The van der Waals surface area contributed by atoms with Gasteiger partial charge in [-0.05, 0) is 13.8 Å². The molecule has 0 N–H and O–H groups in total. The van der Waals surface area contributed by atoms with E-state index in [0.717, 1.165) is 0 Å². The van der Waals surface area contributed by atoms with Crippen LogP contribution in [0.5, 0.6) is 0 Å². The van der Waals surface area contributed by atoms with Crippen LogP contribution in [0.1, 0.15) is 27.7 Å². The molecule has 0 amide bonds. The highest BCUT2D eigenvalue weighted by Crippen LogP contribution is 2.49. The Morgan fingerprint density at radius 3 is 0.714 bits per heavy atom. The molecule has 2 atom stereocenters. The fraction of sp³-hybridized carbons (Fsp3) is 1.00. The van der Waals surface area contributed by atoms with Gasteiger partial charge < -0.3 is 0 Å². The predicted molar refractivity (Wildman–Crippen MR) is 40.3 cm³/mol. The molecule has 0 saturated carbocycles. The Morgan fingerprint density at radius 2 is 0.643 bits per heavy atom. The molecule has 0 fully saturated rings. The van der Waals surface area contributed by atoms with Gasteiger partial charge in [0.05, 0.1) is 0 Å². The average molecular weight is 222 g/mol. The van der Waals surface area contributed by atoms with Crippen molar-refractivity contribution in [2.75, 3.05) is 0 Å². The molecule has 0 radical (unpaired) electrons. The number of rotatable bonds is 3. The van der Waals surface area contributed by atoms with Gasteiger partial charge in [-0.1, -0.05) is 0 Å². The standard InChI is InChI=1S/C8H12F6/c1-5(9,7(3,11)12)6(2,10)8(4,13)14/h1-4H3. The quantitative estimate of drug-likeness (QED) is 0.638. The highest BCUT2D eigenvalue weighted by atomic mass is 19.3. The van der Waals surface area contributed by atoms with Gasteiger partial charge in [0, 0.05) is 13.8 Å². The lowest BCUT2D eigenvalue weighted by Gasteiger charge is -2.40. The van der Waals surface area contributed by atoms with Crippen molar-refractivity contribution in [3.8, 4) is 0 Å². The van der Waals surface area contributed by atoms with Crippen LogP contribution in [-0.4, -0.2) is 23.2 Å². The first-order valence-electron chi connectivity index (χ1n) is 3.88. The Hall–Kier alpha value is -0.420. The Kier molecular flexibility index (Phi) is 2.94. The van der Waals surface area contributed by atoms with E-state index >= 15 is 0 Å². The first-order chi connectivity index (χ1) is 5.75. The van der Waals surface area contributed by atoms with Crippen LogP contribution < -0.4 is 0 Å². The van der Waals surface area contributed by atoms with Crippen molar-refractivity contribution in [2.24, 2.45) is 0 Å². The summed E-state index contributed by atoms with van der Waals surface area (Å²) in [5, 5.41) is 0. The maximum Gasteiger partial charge on any atom is 0.281 e. The zero-order valence-electron chi connectivity index (χ0n) is 8.27. The number of hydrogen-bond acceptors (Lipinski definition) is 0. The van der Waals surface area contributed by atoms with Crippen molar-refractivity contribution in [1.82, 2.24) is 0 Å². The Morgan fingerprint density at radius 1 is 0.500 bits per heavy atom. The van der Waals surface area contributed by atoms with Gasteiger partial charge in [-0.2, -0.15) is 0 Å². The van der Waals surface area contributed by atoms with Crippen molar-refractivity contribution in [1.29, 1.82) is 0 Å². The van der Waals surface area contributed by atoms with E-state index in [1.807, 2.05) is 0 Å². The van der Waals surface area contributed by atoms with Crippen molar-refractivity contribution in [3.63, 3.8) is 0 Å². The number of alkyl halides is 6. The van der Waals surface area contributed by atoms with E-state index in [1.54, 1.807) is 0 Å². The fourth-order valence-electron chi connectivity index (χ4n) is 0.824. The minimum absolute atomic E-state index is 0.0660. The third-order valence-electron chi connectivity index (χ3n) is 2.53. The largest absolute Gasteiger partial charge is 0.281 e. The van der Waals surface area contributed by atoms with Gasteiger partial charge in [-0.15, -0.1) is 0 Å². The molecular weight excluding hydrogens is 210 g/mol. The summed E-state index contributed by atoms with van der Waals surface area (Å²) in [7, 11) is 0. The molecule has 2 unspecified atom stereocenters. The van der Waals surface area contributed by atoms with Crippen molar-refractivity contribution in [3.05, 3.63) is 0 Å². The summed E-state index contributed by atoms with van der Waals surface area (Å²) in [6.45, 7) is 0.391. The van der Waals surface area contributed by atoms with E-state index in [1.165, 1.54) is 0 Å². The summed E-state index contributed by atoms with van der Waals surface area (Å²) in [4.78, 5) is 0. The average Bonchev–Trinajstić information content (AvgIpc) is 1.81. The maximum absolute atomic E-state index is 13.3. The molecule has 0 nitrogen and oxygen atoms in total. The molecule has 0 saturated heterocycles. The third kappa shape index (κ3) is 1.83. The zero-order chi connectivity index (χ0) is 12.0. The first-order valence-corrected chi connectivity index (χ1v) is 3.88. The molecule has 0 aromatic rings. The lowest BCUT2D eigenvalue weighted by Crippen LogP contribution is -2.61. The number of halogens is 6. The Balaban J connectivity index is 5.30. The van der Waals surface area contributed by atoms with E-state index < -0.39 is 23.2 Å². The SMILES string of the molecule is CC(F)(F)C(C)(F)C(C)(F)C(C)(F)F. The third-order valence-corrected chi connectivity index (χ3v) is 2.53. The van der Waals surface area contributed by atoms with Gasteiger partial charge in [0.1, 0.15) is 0 Å². The second kappa shape index (κ2) is 3.03. The van der Waals surface area contributed by atoms with Crippen molar-refractivity contribution in [2.45, 2.75) is 50.9 Å². The van der Waals surface area contributed by atoms with Crippen molar-refractivity contribution < 1.29 is 26.3 Å². The van der Waals surface area contributed by atoms with Crippen LogP contribution in [0, 0.1) is 0 Å². The minimum atomic E-state index is -4.18. The van der Waals surface area contributed by atoms with Crippen LogP contribution in [0.2, 0.25) is 0 Å². The highest BCUT2D eigenvalue weighted by Gasteiger charge is 2.68. The van der Waals surface area contributed by atoms with Gasteiger partial charge in [0.25, 0.3) is 11.8 Å². The molecule has 86 valence electrons. The second-order valence-electron chi connectivity index (χ2n) is 3.78. The van der Waals surface area contributed by atoms with Crippen molar-refractivity contribution >= 4 is 0 Å². The van der Waals surface area contributed by atoms with Crippen LogP contribution in [0.4, 0.5) is 26.3 Å². The summed E-state index contributed by atoms with van der Waals surface area (Å²) < 4.78 is 76.8. The smallest absolute Gasteiger partial charge is 0.234 e. The van der Waals surface area contributed by atoms with Crippen LogP contribution in [-0.2, 0) is 0 Å². The van der Waals surface area contributed by atoms with E-state index in [2.05, 4.69) is 0 Å². The predicted octanol–water partition coefficient (Wildman–Crippen LogP) is 3.75. The van der Waals surface area contributed by atoms with Crippen LogP contribution >= 0.6 is 0 Å². The highest BCUT2D eigenvalue weighted by molar-refractivity contribution is 5.07. The topological polar surface area (TPSA) is 0 Å². The van der Waals surface area contributed by atoms with Crippen LogP contribution in [0.3, 0.4) is 0 Å². The Bertz CT molecular complexity index is 183. The summed E-state index contributed by atoms with van der Waals surface area (Å²) >= 11 is 0. The summed E-state index contributed by atoms with van der Waals surface area (Å²) in [6, 6.07) is 0. The lowest BCUT2D eigenvalue weighted by molar-refractivity contribution is -0.246. The maximum atomic E-state index is 13.3. The van der Waals surface area contributed by atoms with E-state index in [-0.39, 0.29) is 27.7 Å². The van der Waals surface area contributed by atoms with Crippen LogP contribution in [0.25, 0.3) is 0 Å². The molecule has 0 aliphatic rings. The van der Waals surface area contributed by atoms with E-state index in [0.29, 0.717) is 0 Å². The molecule has 0 aromatic carbocycles. The summed E-state index contributed by atoms with van der Waals surface area (Å²) in [6.07, 6.45) is 0.